The fourth-order valence-electron chi connectivity index (χ4n) is 1.72. The van der Waals surface area contributed by atoms with Crippen molar-refractivity contribution in [2.75, 3.05) is 6.61 Å². The van der Waals surface area contributed by atoms with Crippen LogP contribution in [0, 0.1) is 5.82 Å². The van der Waals surface area contributed by atoms with Gasteiger partial charge in [-0.25, -0.2) is 4.39 Å². The maximum Gasteiger partial charge on any atom is 0.137 e. The van der Waals surface area contributed by atoms with Crippen molar-refractivity contribution in [1.82, 2.24) is 5.32 Å². The molecule has 1 aliphatic heterocycles. The van der Waals surface area contributed by atoms with Crippen molar-refractivity contribution in [3.63, 3.8) is 0 Å². The SMILES string of the molecule is OCC1Cc2c(ccc(F)c2Br)CN1. The molecule has 0 saturated heterocycles. The zero-order chi connectivity index (χ0) is 10.1. The Kier molecular flexibility index (Phi) is 2.85. The third-order valence-electron chi connectivity index (χ3n) is 2.55. The third-order valence-corrected chi connectivity index (χ3v) is 3.40. The molecule has 1 aliphatic rings. The van der Waals surface area contributed by atoms with Crippen LogP contribution >= 0.6 is 15.9 Å². The van der Waals surface area contributed by atoms with Gasteiger partial charge in [0.15, 0.2) is 0 Å². The molecule has 0 saturated carbocycles. The Hall–Kier alpha value is -0.450. The van der Waals surface area contributed by atoms with Crippen molar-refractivity contribution in [3.8, 4) is 0 Å². The predicted molar refractivity (Wildman–Crippen MR) is 55.5 cm³/mol. The largest absolute Gasteiger partial charge is 0.395 e. The van der Waals surface area contributed by atoms with Crippen LogP contribution in [0.1, 0.15) is 11.1 Å². The second kappa shape index (κ2) is 3.96. The van der Waals surface area contributed by atoms with Crippen molar-refractivity contribution < 1.29 is 9.50 Å². The molecule has 1 aromatic carbocycles. The van der Waals surface area contributed by atoms with Gasteiger partial charge in [0, 0.05) is 12.6 Å². The molecule has 4 heteroatoms. The van der Waals surface area contributed by atoms with E-state index in [1.54, 1.807) is 6.07 Å². The standard InChI is InChI=1S/C10H11BrFNO/c11-10-8-3-7(5-14)13-4-6(8)1-2-9(10)12/h1-2,7,13-14H,3-5H2. The summed E-state index contributed by atoms with van der Waals surface area (Å²) in [6.45, 7) is 0.780. The minimum Gasteiger partial charge on any atom is -0.395 e. The van der Waals surface area contributed by atoms with Crippen LogP contribution in [0.25, 0.3) is 0 Å². The Bertz CT molecular complexity index is 356. The van der Waals surface area contributed by atoms with Crippen molar-refractivity contribution in [3.05, 3.63) is 33.5 Å². The molecule has 2 N–H and O–H groups in total. The number of hydrogen-bond donors (Lipinski definition) is 2. The Morgan fingerprint density at radius 3 is 3.07 bits per heavy atom. The first-order valence-electron chi connectivity index (χ1n) is 4.52. The quantitative estimate of drug-likeness (QED) is 0.803. The summed E-state index contributed by atoms with van der Waals surface area (Å²) in [5, 5.41) is 12.2. The Morgan fingerprint density at radius 1 is 1.57 bits per heavy atom. The molecular weight excluding hydrogens is 249 g/mol. The van der Waals surface area contributed by atoms with Crippen LogP contribution in [0.15, 0.2) is 16.6 Å². The van der Waals surface area contributed by atoms with E-state index in [0.717, 1.165) is 11.1 Å². The molecule has 1 unspecified atom stereocenters. The number of nitrogens with one attached hydrogen (secondary N) is 1. The van der Waals surface area contributed by atoms with E-state index in [4.69, 9.17) is 5.11 Å². The lowest BCUT2D eigenvalue weighted by atomic mass is 9.96. The van der Waals surface area contributed by atoms with Crippen LogP contribution in [-0.4, -0.2) is 17.8 Å². The van der Waals surface area contributed by atoms with Gasteiger partial charge in [-0.2, -0.15) is 0 Å². The average Bonchev–Trinajstić information content (AvgIpc) is 2.23. The van der Waals surface area contributed by atoms with E-state index in [0.29, 0.717) is 17.4 Å². The van der Waals surface area contributed by atoms with Crippen LogP contribution in [0.3, 0.4) is 0 Å². The van der Waals surface area contributed by atoms with Gasteiger partial charge in [0.1, 0.15) is 5.82 Å². The topological polar surface area (TPSA) is 32.3 Å². The number of rotatable bonds is 1. The average molecular weight is 260 g/mol. The number of benzene rings is 1. The molecule has 1 heterocycles. The highest BCUT2D eigenvalue weighted by atomic mass is 79.9. The monoisotopic (exact) mass is 259 g/mol. The van der Waals surface area contributed by atoms with E-state index in [9.17, 15) is 4.39 Å². The zero-order valence-electron chi connectivity index (χ0n) is 7.56. The molecule has 1 aromatic rings. The van der Waals surface area contributed by atoms with Gasteiger partial charge in [-0.3, -0.25) is 0 Å². The lowest BCUT2D eigenvalue weighted by Crippen LogP contribution is -2.38. The lowest BCUT2D eigenvalue weighted by molar-refractivity contribution is 0.235. The molecule has 14 heavy (non-hydrogen) atoms. The summed E-state index contributed by atoms with van der Waals surface area (Å²) in [6.07, 6.45) is 0.671. The molecule has 0 aromatic heterocycles. The molecule has 2 nitrogen and oxygen atoms in total. The lowest BCUT2D eigenvalue weighted by Gasteiger charge is -2.25. The van der Waals surface area contributed by atoms with Crippen molar-refractivity contribution in [2.45, 2.75) is 19.0 Å². The summed E-state index contributed by atoms with van der Waals surface area (Å²) >= 11 is 3.24. The van der Waals surface area contributed by atoms with E-state index < -0.39 is 0 Å². The summed E-state index contributed by atoms with van der Waals surface area (Å²) in [5.74, 6) is -0.234. The Balaban J connectivity index is 2.38. The van der Waals surface area contributed by atoms with Crippen LogP contribution < -0.4 is 5.32 Å². The van der Waals surface area contributed by atoms with E-state index in [-0.39, 0.29) is 18.5 Å². The van der Waals surface area contributed by atoms with Gasteiger partial charge in [0.2, 0.25) is 0 Å². The highest BCUT2D eigenvalue weighted by molar-refractivity contribution is 9.10. The molecule has 1 atom stereocenters. The summed E-state index contributed by atoms with van der Waals surface area (Å²) < 4.78 is 13.7. The summed E-state index contributed by atoms with van der Waals surface area (Å²) in [5.41, 5.74) is 2.07. The highest BCUT2D eigenvalue weighted by Crippen LogP contribution is 2.27. The minimum atomic E-state index is -0.234. The van der Waals surface area contributed by atoms with Crippen LogP contribution in [-0.2, 0) is 13.0 Å². The Labute approximate surface area is 90.3 Å². The van der Waals surface area contributed by atoms with Gasteiger partial charge in [0.05, 0.1) is 11.1 Å². The van der Waals surface area contributed by atoms with E-state index in [1.165, 1.54) is 6.07 Å². The van der Waals surface area contributed by atoms with Crippen LogP contribution in [0.2, 0.25) is 0 Å². The molecule has 0 radical (unpaired) electrons. The molecule has 0 bridgehead atoms. The first kappa shape index (κ1) is 10.1. The molecule has 0 amide bonds. The summed E-state index contributed by atoms with van der Waals surface area (Å²) in [7, 11) is 0. The first-order chi connectivity index (χ1) is 6.72. The fraction of sp³-hybridized carbons (Fsp3) is 0.400. The second-order valence-corrected chi connectivity index (χ2v) is 4.26. The maximum atomic E-state index is 13.2. The van der Waals surface area contributed by atoms with Crippen molar-refractivity contribution in [1.29, 1.82) is 0 Å². The highest BCUT2D eigenvalue weighted by Gasteiger charge is 2.20. The molecule has 0 aliphatic carbocycles. The summed E-state index contributed by atoms with van der Waals surface area (Å²) in [6, 6.07) is 3.29. The van der Waals surface area contributed by atoms with Gasteiger partial charge >= 0.3 is 0 Å². The van der Waals surface area contributed by atoms with E-state index >= 15 is 0 Å². The van der Waals surface area contributed by atoms with Gasteiger partial charge in [-0.15, -0.1) is 0 Å². The molecule has 2 rings (SSSR count). The maximum absolute atomic E-state index is 13.2. The van der Waals surface area contributed by atoms with Gasteiger partial charge in [0.25, 0.3) is 0 Å². The number of hydrogen-bond acceptors (Lipinski definition) is 2. The number of fused-ring (bicyclic) bond motifs is 1. The molecule has 76 valence electrons. The summed E-state index contributed by atoms with van der Waals surface area (Å²) in [4.78, 5) is 0. The normalized spacial score (nSPS) is 20.6. The molecule has 0 fully saturated rings. The third kappa shape index (κ3) is 1.69. The minimum absolute atomic E-state index is 0.0422. The van der Waals surface area contributed by atoms with E-state index in [2.05, 4.69) is 21.2 Å². The smallest absolute Gasteiger partial charge is 0.137 e. The zero-order valence-corrected chi connectivity index (χ0v) is 9.14. The van der Waals surface area contributed by atoms with Crippen molar-refractivity contribution >= 4 is 15.9 Å². The van der Waals surface area contributed by atoms with Crippen LogP contribution in [0.4, 0.5) is 4.39 Å². The number of halogens is 2. The second-order valence-electron chi connectivity index (χ2n) is 3.46. The van der Waals surface area contributed by atoms with Gasteiger partial charge in [-0.05, 0) is 39.5 Å². The number of aliphatic hydroxyl groups is 1. The van der Waals surface area contributed by atoms with Crippen LogP contribution in [0.5, 0.6) is 0 Å². The van der Waals surface area contributed by atoms with Crippen molar-refractivity contribution in [2.24, 2.45) is 0 Å². The predicted octanol–water partition coefficient (Wildman–Crippen LogP) is 1.59. The molecule has 0 spiro atoms. The Morgan fingerprint density at radius 2 is 2.36 bits per heavy atom. The molecular formula is C10H11BrFNO. The number of aliphatic hydroxyl groups excluding tert-OH is 1. The van der Waals surface area contributed by atoms with Gasteiger partial charge in [-0.1, -0.05) is 6.07 Å². The van der Waals surface area contributed by atoms with E-state index in [1.807, 2.05) is 0 Å². The fourth-order valence-corrected chi connectivity index (χ4v) is 2.27. The first-order valence-corrected chi connectivity index (χ1v) is 5.31. The van der Waals surface area contributed by atoms with Gasteiger partial charge < -0.3 is 10.4 Å².